The van der Waals surface area contributed by atoms with Gasteiger partial charge in [-0.05, 0) is 63.4 Å². The van der Waals surface area contributed by atoms with Crippen molar-refractivity contribution in [1.29, 1.82) is 0 Å². The number of hydrogen-bond donors (Lipinski definition) is 0. The molecule has 220 valence electrons. The van der Waals surface area contributed by atoms with E-state index in [1.165, 1.54) is 21.9 Å². The van der Waals surface area contributed by atoms with E-state index in [1.54, 1.807) is 0 Å². The van der Waals surface area contributed by atoms with Gasteiger partial charge < -0.3 is 4.42 Å². The lowest BCUT2D eigenvalue weighted by molar-refractivity contribution is 0.669. The number of furan rings is 1. The van der Waals surface area contributed by atoms with E-state index in [0.29, 0.717) is 17.5 Å². The Labute approximate surface area is 271 Å². The summed E-state index contributed by atoms with van der Waals surface area (Å²) in [5, 5.41) is 4.58. The molecule has 0 atom stereocenters. The lowest BCUT2D eigenvalue weighted by atomic mass is 9.96. The number of aromatic nitrogens is 3. The van der Waals surface area contributed by atoms with Crippen LogP contribution in [0.5, 0.6) is 0 Å². The van der Waals surface area contributed by atoms with Crippen molar-refractivity contribution in [2.24, 2.45) is 0 Å². The quantitative estimate of drug-likeness (QED) is 0.197. The molecule has 0 bridgehead atoms. The van der Waals surface area contributed by atoms with Crippen LogP contribution in [0.4, 0.5) is 0 Å². The summed E-state index contributed by atoms with van der Waals surface area (Å²) >= 11 is 0. The standard InChI is InChI=1S/C43H27N3O/c1-3-11-31(12-4-1)41-44-42(32-13-5-2-6-14-32)46-43(45-41)34-23-25-40-38(27-34)37-26-33(22-24-39(37)47-40)28-18-20-30(21-19-28)36-17-9-15-29-10-7-8-16-35(29)36/h1-27H. The molecular formula is C43H27N3O. The fourth-order valence-corrected chi connectivity index (χ4v) is 6.35. The fraction of sp³-hybridized carbons (Fsp3) is 0. The van der Waals surface area contributed by atoms with Crippen molar-refractivity contribution < 1.29 is 4.42 Å². The largest absolute Gasteiger partial charge is 0.456 e. The van der Waals surface area contributed by atoms with Crippen LogP contribution in [0.2, 0.25) is 0 Å². The topological polar surface area (TPSA) is 51.8 Å². The molecule has 0 radical (unpaired) electrons. The molecule has 2 heterocycles. The number of fused-ring (bicyclic) bond motifs is 4. The zero-order valence-electron chi connectivity index (χ0n) is 25.3. The summed E-state index contributed by atoms with van der Waals surface area (Å²) in [6.45, 7) is 0. The molecule has 0 spiro atoms. The van der Waals surface area contributed by atoms with E-state index in [9.17, 15) is 0 Å². The van der Waals surface area contributed by atoms with Gasteiger partial charge in [0.2, 0.25) is 0 Å². The summed E-state index contributed by atoms with van der Waals surface area (Å²) in [6, 6.07) is 56.5. The summed E-state index contributed by atoms with van der Waals surface area (Å²) in [7, 11) is 0. The average Bonchev–Trinajstić information content (AvgIpc) is 3.52. The average molecular weight is 602 g/mol. The van der Waals surface area contributed by atoms with Crippen molar-refractivity contribution in [3.05, 3.63) is 164 Å². The van der Waals surface area contributed by atoms with Crippen LogP contribution in [0.25, 0.3) is 89.1 Å². The first-order valence-electron chi connectivity index (χ1n) is 15.7. The first kappa shape index (κ1) is 27.0. The SMILES string of the molecule is c1ccc(-c2nc(-c3ccccc3)nc(-c3ccc4oc5ccc(-c6ccc(-c7cccc8ccccc78)cc6)cc5c4c3)n2)cc1. The summed E-state index contributed by atoms with van der Waals surface area (Å²) in [6.07, 6.45) is 0. The molecule has 47 heavy (non-hydrogen) atoms. The van der Waals surface area contributed by atoms with Crippen molar-refractivity contribution >= 4 is 32.7 Å². The van der Waals surface area contributed by atoms with E-state index in [0.717, 1.165) is 49.8 Å². The molecule has 2 aromatic heterocycles. The predicted molar refractivity (Wildman–Crippen MR) is 192 cm³/mol. The van der Waals surface area contributed by atoms with E-state index < -0.39 is 0 Å². The first-order valence-corrected chi connectivity index (χ1v) is 15.7. The van der Waals surface area contributed by atoms with Crippen LogP contribution in [0.3, 0.4) is 0 Å². The second-order valence-electron chi connectivity index (χ2n) is 11.7. The monoisotopic (exact) mass is 601 g/mol. The minimum Gasteiger partial charge on any atom is -0.456 e. The lowest BCUT2D eigenvalue weighted by Gasteiger charge is -2.09. The van der Waals surface area contributed by atoms with E-state index in [-0.39, 0.29) is 0 Å². The van der Waals surface area contributed by atoms with Crippen LogP contribution in [0, 0.1) is 0 Å². The van der Waals surface area contributed by atoms with Gasteiger partial charge in [0.15, 0.2) is 17.5 Å². The Hall–Kier alpha value is -6.39. The highest BCUT2D eigenvalue weighted by atomic mass is 16.3. The van der Waals surface area contributed by atoms with E-state index >= 15 is 0 Å². The third kappa shape index (κ3) is 4.93. The zero-order chi connectivity index (χ0) is 31.2. The number of nitrogens with zero attached hydrogens (tertiary/aromatic N) is 3. The highest BCUT2D eigenvalue weighted by Crippen LogP contribution is 2.36. The molecular weight excluding hydrogens is 574 g/mol. The zero-order valence-corrected chi connectivity index (χ0v) is 25.3. The molecule has 4 heteroatoms. The van der Waals surface area contributed by atoms with Crippen molar-refractivity contribution in [2.75, 3.05) is 0 Å². The van der Waals surface area contributed by atoms with Gasteiger partial charge in [0.05, 0.1) is 0 Å². The van der Waals surface area contributed by atoms with Crippen molar-refractivity contribution in [3.63, 3.8) is 0 Å². The number of benzene rings is 7. The Bertz CT molecular complexity index is 2490. The van der Waals surface area contributed by atoms with Crippen molar-refractivity contribution in [2.45, 2.75) is 0 Å². The molecule has 9 rings (SSSR count). The Morgan fingerprint density at radius 1 is 0.319 bits per heavy atom. The normalized spacial score (nSPS) is 11.4. The van der Waals surface area contributed by atoms with Crippen LogP contribution in [0.15, 0.2) is 168 Å². The molecule has 0 fully saturated rings. The second-order valence-corrected chi connectivity index (χ2v) is 11.7. The van der Waals surface area contributed by atoms with Crippen molar-refractivity contribution in [3.8, 4) is 56.4 Å². The molecule has 0 aliphatic rings. The highest BCUT2D eigenvalue weighted by molar-refractivity contribution is 6.07. The Kier molecular flexibility index (Phi) is 6.43. The number of hydrogen-bond acceptors (Lipinski definition) is 4. The van der Waals surface area contributed by atoms with Gasteiger partial charge in [-0.1, -0.05) is 133 Å². The first-order chi connectivity index (χ1) is 23.3. The maximum atomic E-state index is 6.28. The molecule has 0 N–H and O–H groups in total. The molecule has 0 saturated heterocycles. The van der Waals surface area contributed by atoms with E-state index in [4.69, 9.17) is 19.4 Å². The van der Waals surface area contributed by atoms with Gasteiger partial charge in [-0.25, -0.2) is 15.0 Å². The molecule has 0 unspecified atom stereocenters. The van der Waals surface area contributed by atoms with Gasteiger partial charge in [0, 0.05) is 27.5 Å². The molecule has 7 aromatic carbocycles. The van der Waals surface area contributed by atoms with Crippen LogP contribution in [-0.4, -0.2) is 15.0 Å². The fourth-order valence-electron chi connectivity index (χ4n) is 6.35. The van der Waals surface area contributed by atoms with Gasteiger partial charge in [-0.15, -0.1) is 0 Å². The van der Waals surface area contributed by atoms with Gasteiger partial charge >= 0.3 is 0 Å². The molecule has 4 nitrogen and oxygen atoms in total. The van der Waals surface area contributed by atoms with E-state index in [2.05, 4.69) is 91.0 Å². The van der Waals surface area contributed by atoms with Crippen LogP contribution >= 0.6 is 0 Å². The Morgan fingerprint density at radius 3 is 1.47 bits per heavy atom. The molecule has 0 amide bonds. The third-order valence-electron chi connectivity index (χ3n) is 8.75. The molecule has 0 aliphatic carbocycles. The molecule has 9 aromatic rings. The van der Waals surface area contributed by atoms with E-state index in [1.807, 2.05) is 72.8 Å². The lowest BCUT2D eigenvalue weighted by Crippen LogP contribution is -2.00. The summed E-state index contributed by atoms with van der Waals surface area (Å²) in [5.74, 6) is 1.90. The van der Waals surface area contributed by atoms with Crippen LogP contribution in [0.1, 0.15) is 0 Å². The van der Waals surface area contributed by atoms with Crippen LogP contribution in [-0.2, 0) is 0 Å². The smallest absolute Gasteiger partial charge is 0.164 e. The Balaban J connectivity index is 1.13. The highest BCUT2D eigenvalue weighted by Gasteiger charge is 2.15. The summed E-state index contributed by atoms with van der Waals surface area (Å²) in [5.41, 5.74) is 9.19. The second kappa shape index (κ2) is 11.2. The van der Waals surface area contributed by atoms with Gasteiger partial charge in [0.25, 0.3) is 0 Å². The van der Waals surface area contributed by atoms with Gasteiger partial charge in [-0.3, -0.25) is 0 Å². The third-order valence-corrected chi connectivity index (χ3v) is 8.75. The minimum atomic E-state index is 0.620. The van der Waals surface area contributed by atoms with Gasteiger partial charge in [0.1, 0.15) is 11.2 Å². The molecule has 0 saturated carbocycles. The maximum absolute atomic E-state index is 6.28. The maximum Gasteiger partial charge on any atom is 0.164 e. The minimum absolute atomic E-state index is 0.620. The van der Waals surface area contributed by atoms with Crippen molar-refractivity contribution in [1.82, 2.24) is 15.0 Å². The molecule has 0 aliphatic heterocycles. The van der Waals surface area contributed by atoms with Crippen LogP contribution < -0.4 is 0 Å². The Morgan fingerprint density at radius 2 is 0.809 bits per heavy atom. The summed E-state index contributed by atoms with van der Waals surface area (Å²) < 4.78 is 6.28. The predicted octanol–water partition coefficient (Wildman–Crippen LogP) is 11.3. The summed E-state index contributed by atoms with van der Waals surface area (Å²) in [4.78, 5) is 14.7. The number of rotatable bonds is 5. The van der Waals surface area contributed by atoms with Gasteiger partial charge in [-0.2, -0.15) is 0 Å².